The second kappa shape index (κ2) is 5.68. The van der Waals surface area contributed by atoms with Gasteiger partial charge in [-0.25, -0.2) is 0 Å². The van der Waals surface area contributed by atoms with E-state index in [-0.39, 0.29) is 5.91 Å². The first-order valence-corrected chi connectivity index (χ1v) is 7.96. The first-order chi connectivity index (χ1) is 10.0. The van der Waals surface area contributed by atoms with Gasteiger partial charge in [-0.15, -0.1) is 0 Å². The van der Waals surface area contributed by atoms with Crippen LogP contribution in [0.15, 0.2) is 39.2 Å². The van der Waals surface area contributed by atoms with E-state index in [0.29, 0.717) is 12.6 Å². The molecule has 0 radical (unpaired) electrons. The lowest BCUT2D eigenvalue weighted by atomic mass is 10.1. The molecule has 0 atom stereocenters. The van der Waals surface area contributed by atoms with Gasteiger partial charge in [0.15, 0.2) is 0 Å². The number of benzene rings is 1. The summed E-state index contributed by atoms with van der Waals surface area (Å²) in [5.41, 5.74) is 1.86. The van der Waals surface area contributed by atoms with Gasteiger partial charge in [-0.3, -0.25) is 4.79 Å². The van der Waals surface area contributed by atoms with E-state index in [1.165, 1.54) is 0 Å². The van der Waals surface area contributed by atoms with Crippen LogP contribution in [-0.2, 0) is 6.54 Å². The third kappa shape index (κ3) is 3.21. The highest BCUT2D eigenvalue weighted by molar-refractivity contribution is 9.10. The summed E-state index contributed by atoms with van der Waals surface area (Å²) in [4.78, 5) is 14.7. The Kier molecular flexibility index (Phi) is 3.89. The van der Waals surface area contributed by atoms with Crippen LogP contribution in [0.4, 0.5) is 0 Å². The molecule has 0 bridgehead atoms. The van der Waals surface area contributed by atoms with E-state index in [2.05, 4.69) is 15.9 Å². The molecule has 1 saturated carbocycles. The van der Waals surface area contributed by atoms with E-state index in [1.807, 2.05) is 49.1 Å². The molecule has 4 heteroatoms. The number of aryl methyl sites for hydroxylation is 2. The molecule has 1 amide bonds. The molecule has 3 rings (SSSR count). The molecule has 21 heavy (non-hydrogen) atoms. The van der Waals surface area contributed by atoms with Crippen LogP contribution in [-0.4, -0.2) is 16.8 Å². The molecule has 0 saturated heterocycles. The van der Waals surface area contributed by atoms with Crippen LogP contribution < -0.4 is 0 Å². The molecule has 0 unspecified atom stereocenters. The van der Waals surface area contributed by atoms with Crippen LogP contribution in [0.2, 0.25) is 0 Å². The molecule has 1 aromatic heterocycles. The number of nitrogens with zero attached hydrogens (tertiary/aromatic N) is 1. The van der Waals surface area contributed by atoms with Gasteiger partial charge >= 0.3 is 0 Å². The molecular formula is C17H18BrNO2. The number of carbonyl (C=O) groups is 1. The number of halogens is 1. The van der Waals surface area contributed by atoms with Crippen LogP contribution in [0.1, 0.15) is 40.3 Å². The van der Waals surface area contributed by atoms with Gasteiger partial charge in [-0.1, -0.05) is 6.07 Å². The van der Waals surface area contributed by atoms with E-state index in [9.17, 15) is 4.79 Å². The van der Waals surface area contributed by atoms with E-state index in [1.54, 1.807) is 0 Å². The Labute approximate surface area is 133 Å². The van der Waals surface area contributed by atoms with Crippen molar-refractivity contribution in [2.24, 2.45) is 0 Å². The van der Waals surface area contributed by atoms with E-state index in [4.69, 9.17) is 4.42 Å². The van der Waals surface area contributed by atoms with Crippen molar-refractivity contribution in [3.8, 4) is 0 Å². The summed E-state index contributed by atoms with van der Waals surface area (Å²) in [6, 6.07) is 10.1. The van der Waals surface area contributed by atoms with Crippen LogP contribution in [0.3, 0.4) is 0 Å². The van der Waals surface area contributed by atoms with E-state index < -0.39 is 0 Å². The molecule has 0 aliphatic heterocycles. The van der Waals surface area contributed by atoms with Crippen molar-refractivity contribution in [1.29, 1.82) is 0 Å². The van der Waals surface area contributed by atoms with Crippen molar-refractivity contribution in [3.63, 3.8) is 0 Å². The van der Waals surface area contributed by atoms with Gasteiger partial charge in [0.1, 0.15) is 11.5 Å². The number of hydrogen-bond donors (Lipinski definition) is 0. The highest BCUT2D eigenvalue weighted by atomic mass is 79.9. The van der Waals surface area contributed by atoms with Crippen LogP contribution >= 0.6 is 15.9 Å². The lowest BCUT2D eigenvalue weighted by molar-refractivity contribution is 0.0716. The minimum Gasteiger partial charge on any atom is -0.464 e. The molecule has 1 aliphatic carbocycles. The minimum atomic E-state index is 0.0680. The second-order valence-electron chi connectivity index (χ2n) is 5.66. The molecule has 3 nitrogen and oxygen atoms in total. The maximum absolute atomic E-state index is 12.8. The number of carbonyl (C=O) groups excluding carboxylic acids is 1. The molecule has 1 heterocycles. The maximum atomic E-state index is 12.8. The molecular weight excluding hydrogens is 330 g/mol. The topological polar surface area (TPSA) is 33.5 Å². The first-order valence-electron chi connectivity index (χ1n) is 7.17. The van der Waals surface area contributed by atoms with Crippen molar-refractivity contribution < 1.29 is 9.21 Å². The fraction of sp³-hybridized carbons (Fsp3) is 0.353. The summed E-state index contributed by atoms with van der Waals surface area (Å²) in [7, 11) is 0. The Morgan fingerprint density at radius 1 is 1.29 bits per heavy atom. The summed E-state index contributed by atoms with van der Waals surface area (Å²) in [5, 5.41) is 0. The van der Waals surface area contributed by atoms with E-state index in [0.717, 1.165) is 40.0 Å². The van der Waals surface area contributed by atoms with Gasteiger partial charge in [0.25, 0.3) is 5.91 Å². The third-order valence-electron chi connectivity index (χ3n) is 3.73. The Hall–Kier alpha value is -1.55. The maximum Gasteiger partial charge on any atom is 0.255 e. The summed E-state index contributed by atoms with van der Waals surface area (Å²) in [6.07, 6.45) is 2.16. The highest BCUT2D eigenvalue weighted by Gasteiger charge is 2.34. The van der Waals surface area contributed by atoms with Crippen LogP contribution in [0.25, 0.3) is 0 Å². The number of rotatable bonds is 4. The van der Waals surface area contributed by atoms with Crippen molar-refractivity contribution in [1.82, 2.24) is 4.90 Å². The summed E-state index contributed by atoms with van der Waals surface area (Å²) < 4.78 is 6.48. The number of furan rings is 1. The summed E-state index contributed by atoms with van der Waals surface area (Å²) >= 11 is 3.50. The summed E-state index contributed by atoms with van der Waals surface area (Å²) in [6.45, 7) is 4.48. The molecule has 110 valence electrons. The molecule has 0 N–H and O–H groups in total. The first kappa shape index (κ1) is 14.4. The minimum absolute atomic E-state index is 0.0680. The Balaban J connectivity index is 1.85. The average molecular weight is 348 g/mol. The zero-order valence-electron chi connectivity index (χ0n) is 12.2. The SMILES string of the molecule is Cc1ccc(C(=O)N(Cc2ccc(C)o2)C2CC2)c(Br)c1. The number of hydrogen-bond acceptors (Lipinski definition) is 2. The normalized spacial score (nSPS) is 14.2. The highest BCUT2D eigenvalue weighted by Crippen LogP contribution is 2.31. The largest absolute Gasteiger partial charge is 0.464 e. The average Bonchev–Trinajstić information content (AvgIpc) is 3.19. The zero-order chi connectivity index (χ0) is 15.0. The quantitative estimate of drug-likeness (QED) is 0.817. The van der Waals surface area contributed by atoms with Gasteiger partial charge in [0.2, 0.25) is 0 Å². The second-order valence-corrected chi connectivity index (χ2v) is 6.51. The standard InChI is InChI=1S/C17H18BrNO2/c1-11-3-8-15(16(18)9-11)17(20)19(13-5-6-13)10-14-7-4-12(2)21-14/h3-4,7-9,13H,5-6,10H2,1-2H3. The van der Waals surface area contributed by atoms with E-state index >= 15 is 0 Å². The van der Waals surface area contributed by atoms with Gasteiger partial charge in [-0.2, -0.15) is 0 Å². The fourth-order valence-electron chi connectivity index (χ4n) is 2.44. The number of amides is 1. The Bertz CT molecular complexity index is 673. The predicted octanol–water partition coefficient (Wildman–Crippen LogP) is 4.46. The van der Waals surface area contributed by atoms with Crippen molar-refractivity contribution >= 4 is 21.8 Å². The van der Waals surface area contributed by atoms with Crippen molar-refractivity contribution in [2.45, 2.75) is 39.3 Å². The molecule has 2 aromatic rings. The predicted molar refractivity (Wildman–Crippen MR) is 85.2 cm³/mol. The smallest absolute Gasteiger partial charge is 0.255 e. The van der Waals surface area contributed by atoms with Gasteiger partial charge < -0.3 is 9.32 Å². The Morgan fingerprint density at radius 3 is 2.62 bits per heavy atom. The third-order valence-corrected chi connectivity index (χ3v) is 4.38. The van der Waals surface area contributed by atoms with Gasteiger partial charge in [0.05, 0.1) is 12.1 Å². The molecule has 1 aromatic carbocycles. The lowest BCUT2D eigenvalue weighted by Crippen LogP contribution is -2.32. The van der Waals surface area contributed by atoms with Gasteiger partial charge in [-0.05, 0) is 72.4 Å². The monoisotopic (exact) mass is 347 g/mol. The zero-order valence-corrected chi connectivity index (χ0v) is 13.8. The summed E-state index contributed by atoms with van der Waals surface area (Å²) in [5.74, 6) is 1.79. The van der Waals surface area contributed by atoms with Gasteiger partial charge in [0, 0.05) is 10.5 Å². The van der Waals surface area contributed by atoms with Crippen molar-refractivity contribution in [2.75, 3.05) is 0 Å². The van der Waals surface area contributed by atoms with Crippen LogP contribution in [0, 0.1) is 13.8 Å². The van der Waals surface area contributed by atoms with Crippen molar-refractivity contribution in [3.05, 3.63) is 57.5 Å². The molecule has 1 aliphatic rings. The lowest BCUT2D eigenvalue weighted by Gasteiger charge is -2.22. The Morgan fingerprint density at radius 2 is 2.05 bits per heavy atom. The fourth-order valence-corrected chi connectivity index (χ4v) is 3.10. The molecule has 1 fully saturated rings. The molecule has 0 spiro atoms. The van der Waals surface area contributed by atoms with Crippen LogP contribution in [0.5, 0.6) is 0 Å².